The van der Waals surface area contributed by atoms with Gasteiger partial charge in [-0.25, -0.2) is 4.39 Å². The van der Waals surface area contributed by atoms with Gasteiger partial charge in [0, 0.05) is 6.42 Å². The minimum atomic E-state index is -0.775. The molecule has 1 unspecified atom stereocenters. The third-order valence-corrected chi connectivity index (χ3v) is 4.00. The van der Waals surface area contributed by atoms with Gasteiger partial charge in [-0.05, 0) is 41.4 Å². The van der Waals surface area contributed by atoms with Crippen LogP contribution < -0.4 is 0 Å². The first-order valence-electron chi connectivity index (χ1n) is 5.92. The second kappa shape index (κ2) is 4.13. The Morgan fingerprint density at radius 2 is 2.24 bits per heavy atom. The van der Waals surface area contributed by atoms with E-state index in [0.717, 1.165) is 17.5 Å². The highest BCUT2D eigenvalue weighted by Crippen LogP contribution is 2.43. The molecule has 2 rings (SSSR count). The van der Waals surface area contributed by atoms with E-state index < -0.39 is 5.97 Å². The Labute approximate surface area is 100 Å². The van der Waals surface area contributed by atoms with Gasteiger partial charge in [-0.1, -0.05) is 26.0 Å². The molecule has 0 fully saturated rings. The zero-order valence-electron chi connectivity index (χ0n) is 10.2. The molecule has 0 saturated carbocycles. The van der Waals surface area contributed by atoms with Crippen LogP contribution in [0.5, 0.6) is 0 Å². The number of aliphatic carboxylic acids is 1. The molecule has 0 radical (unpaired) electrons. The van der Waals surface area contributed by atoms with Crippen LogP contribution in [0.25, 0.3) is 0 Å². The standard InChI is InChI=1S/C14H17FO2/c1-14(2)9(8-13(16)17)6-7-10-11(14)4-3-5-12(10)15/h3-5,9H,6-8H2,1-2H3,(H,16,17). The lowest BCUT2D eigenvalue weighted by Gasteiger charge is -2.40. The lowest BCUT2D eigenvalue weighted by atomic mass is 9.64. The summed E-state index contributed by atoms with van der Waals surface area (Å²) in [5.74, 6) is -0.860. The van der Waals surface area contributed by atoms with Crippen molar-refractivity contribution in [3.8, 4) is 0 Å². The van der Waals surface area contributed by atoms with Crippen LogP contribution in [0, 0.1) is 11.7 Å². The number of carboxylic acid groups (broad SMARTS) is 1. The molecule has 1 aromatic rings. The minimum absolute atomic E-state index is 0.0781. The maximum atomic E-state index is 13.7. The number of fused-ring (bicyclic) bond motifs is 1. The monoisotopic (exact) mass is 236 g/mol. The SMILES string of the molecule is CC1(C)c2cccc(F)c2CCC1CC(=O)O. The molecular formula is C14H17FO2. The largest absolute Gasteiger partial charge is 0.481 e. The molecule has 17 heavy (non-hydrogen) atoms. The van der Waals surface area contributed by atoms with Gasteiger partial charge in [0.25, 0.3) is 0 Å². The second-order valence-electron chi connectivity index (χ2n) is 5.32. The van der Waals surface area contributed by atoms with E-state index in [1.165, 1.54) is 6.07 Å². The fraction of sp³-hybridized carbons (Fsp3) is 0.500. The highest BCUT2D eigenvalue weighted by atomic mass is 19.1. The molecule has 1 aromatic carbocycles. The van der Waals surface area contributed by atoms with Gasteiger partial charge in [0.15, 0.2) is 0 Å². The van der Waals surface area contributed by atoms with Crippen LogP contribution in [0.15, 0.2) is 18.2 Å². The third-order valence-electron chi connectivity index (χ3n) is 4.00. The number of hydrogen-bond acceptors (Lipinski definition) is 1. The molecule has 0 aromatic heterocycles. The first-order valence-corrected chi connectivity index (χ1v) is 5.92. The van der Waals surface area contributed by atoms with Crippen LogP contribution in [0.4, 0.5) is 4.39 Å². The lowest BCUT2D eigenvalue weighted by molar-refractivity contribution is -0.138. The summed E-state index contributed by atoms with van der Waals surface area (Å²) in [5, 5.41) is 8.93. The molecule has 1 N–H and O–H groups in total. The molecule has 0 heterocycles. The minimum Gasteiger partial charge on any atom is -0.481 e. The molecule has 92 valence electrons. The highest BCUT2D eigenvalue weighted by molar-refractivity contribution is 5.67. The van der Waals surface area contributed by atoms with Crippen molar-refractivity contribution in [2.75, 3.05) is 0 Å². The third kappa shape index (κ3) is 2.06. The van der Waals surface area contributed by atoms with Crippen molar-refractivity contribution in [2.24, 2.45) is 5.92 Å². The first-order chi connectivity index (χ1) is 7.93. The molecule has 2 nitrogen and oxygen atoms in total. The van der Waals surface area contributed by atoms with E-state index in [1.807, 2.05) is 19.9 Å². The Morgan fingerprint density at radius 1 is 1.53 bits per heavy atom. The van der Waals surface area contributed by atoms with Gasteiger partial charge in [0.2, 0.25) is 0 Å². The second-order valence-corrected chi connectivity index (χ2v) is 5.32. The van der Waals surface area contributed by atoms with Crippen molar-refractivity contribution in [3.63, 3.8) is 0 Å². The average molecular weight is 236 g/mol. The zero-order valence-corrected chi connectivity index (χ0v) is 10.2. The van der Waals surface area contributed by atoms with Gasteiger partial charge >= 0.3 is 5.97 Å². The topological polar surface area (TPSA) is 37.3 Å². The van der Waals surface area contributed by atoms with Crippen LogP contribution in [0.3, 0.4) is 0 Å². The molecule has 0 saturated heterocycles. The van der Waals surface area contributed by atoms with E-state index in [-0.39, 0.29) is 23.6 Å². The van der Waals surface area contributed by atoms with Gasteiger partial charge in [0.1, 0.15) is 5.82 Å². The fourth-order valence-corrected chi connectivity index (χ4v) is 2.88. The summed E-state index contributed by atoms with van der Waals surface area (Å²) in [5.41, 5.74) is 1.46. The molecule has 0 amide bonds. The number of halogens is 1. The number of carboxylic acids is 1. The smallest absolute Gasteiger partial charge is 0.303 e. The highest BCUT2D eigenvalue weighted by Gasteiger charge is 2.38. The Hall–Kier alpha value is -1.38. The summed E-state index contributed by atoms with van der Waals surface area (Å²) in [6.07, 6.45) is 1.54. The molecule has 1 aliphatic rings. The van der Waals surface area contributed by atoms with Gasteiger partial charge < -0.3 is 5.11 Å². The zero-order chi connectivity index (χ0) is 12.6. The summed E-state index contributed by atoms with van der Waals surface area (Å²) in [6.45, 7) is 4.02. The number of carbonyl (C=O) groups is 1. The fourth-order valence-electron chi connectivity index (χ4n) is 2.88. The maximum absolute atomic E-state index is 13.7. The summed E-state index contributed by atoms with van der Waals surface area (Å²) in [7, 11) is 0. The summed E-state index contributed by atoms with van der Waals surface area (Å²) >= 11 is 0. The van der Waals surface area contributed by atoms with Crippen molar-refractivity contribution < 1.29 is 14.3 Å². The normalized spacial score (nSPS) is 21.9. The summed E-state index contributed by atoms with van der Waals surface area (Å²) in [4.78, 5) is 10.9. The van der Waals surface area contributed by atoms with E-state index in [9.17, 15) is 9.18 Å². The molecule has 0 aliphatic heterocycles. The Morgan fingerprint density at radius 3 is 2.88 bits per heavy atom. The molecule has 0 spiro atoms. The quantitative estimate of drug-likeness (QED) is 0.856. The van der Waals surface area contributed by atoms with Gasteiger partial charge in [-0.3, -0.25) is 4.79 Å². The lowest BCUT2D eigenvalue weighted by Crippen LogP contribution is -2.36. The summed E-state index contributed by atoms with van der Waals surface area (Å²) in [6, 6.07) is 5.11. The number of rotatable bonds is 2. The Balaban J connectivity index is 2.41. The van der Waals surface area contributed by atoms with E-state index in [1.54, 1.807) is 6.07 Å². The van der Waals surface area contributed by atoms with Crippen molar-refractivity contribution in [1.29, 1.82) is 0 Å². The van der Waals surface area contributed by atoms with Crippen LogP contribution >= 0.6 is 0 Å². The predicted octanol–water partition coefficient (Wildman–Crippen LogP) is 3.14. The van der Waals surface area contributed by atoms with Crippen LogP contribution in [0.2, 0.25) is 0 Å². The molecule has 0 bridgehead atoms. The van der Waals surface area contributed by atoms with Crippen molar-refractivity contribution in [2.45, 2.75) is 38.5 Å². The molecule has 1 atom stereocenters. The molecule has 1 aliphatic carbocycles. The average Bonchev–Trinajstić information content (AvgIpc) is 2.23. The van der Waals surface area contributed by atoms with Crippen LogP contribution in [0.1, 0.15) is 37.8 Å². The van der Waals surface area contributed by atoms with E-state index >= 15 is 0 Å². The number of hydrogen-bond donors (Lipinski definition) is 1. The summed E-state index contributed by atoms with van der Waals surface area (Å²) < 4.78 is 13.7. The Bertz CT molecular complexity index is 452. The van der Waals surface area contributed by atoms with Crippen molar-refractivity contribution in [3.05, 3.63) is 35.1 Å². The van der Waals surface area contributed by atoms with Crippen LogP contribution in [-0.4, -0.2) is 11.1 Å². The van der Waals surface area contributed by atoms with Gasteiger partial charge in [-0.15, -0.1) is 0 Å². The van der Waals surface area contributed by atoms with E-state index in [0.29, 0.717) is 6.42 Å². The van der Waals surface area contributed by atoms with Gasteiger partial charge in [0.05, 0.1) is 0 Å². The molecule has 3 heteroatoms. The van der Waals surface area contributed by atoms with E-state index in [2.05, 4.69) is 0 Å². The van der Waals surface area contributed by atoms with Crippen molar-refractivity contribution in [1.82, 2.24) is 0 Å². The number of benzene rings is 1. The maximum Gasteiger partial charge on any atom is 0.303 e. The molecular weight excluding hydrogens is 219 g/mol. The van der Waals surface area contributed by atoms with E-state index in [4.69, 9.17) is 5.11 Å². The van der Waals surface area contributed by atoms with Crippen LogP contribution in [-0.2, 0) is 16.6 Å². The Kier molecular flexibility index (Phi) is 2.94. The first kappa shape index (κ1) is 12.1. The van der Waals surface area contributed by atoms with Gasteiger partial charge in [-0.2, -0.15) is 0 Å². The van der Waals surface area contributed by atoms with Crippen molar-refractivity contribution >= 4 is 5.97 Å². The predicted molar refractivity (Wildman–Crippen MR) is 63.5 cm³/mol.